The van der Waals surface area contributed by atoms with Crippen LogP contribution in [-0.4, -0.2) is 19.6 Å². The van der Waals surface area contributed by atoms with Crippen molar-refractivity contribution < 1.29 is 0 Å². The lowest BCUT2D eigenvalue weighted by atomic mass is 9.86. The van der Waals surface area contributed by atoms with Gasteiger partial charge in [-0.05, 0) is 44.3 Å². The highest BCUT2D eigenvalue weighted by molar-refractivity contribution is 5.50. The molecular formula is C21H32N4. The summed E-state index contributed by atoms with van der Waals surface area (Å²) in [5, 5.41) is 10.8. The maximum atomic E-state index is 4.53. The molecule has 0 saturated carbocycles. The minimum Gasteiger partial charge on any atom is -0.274 e. The van der Waals surface area contributed by atoms with E-state index in [1.807, 2.05) is 30.3 Å². The Balaban J connectivity index is 2.53. The van der Waals surface area contributed by atoms with E-state index < -0.39 is 0 Å². The first-order valence-electron chi connectivity index (χ1n) is 9.39. The van der Waals surface area contributed by atoms with Crippen molar-refractivity contribution in [1.82, 2.24) is 19.6 Å². The van der Waals surface area contributed by atoms with Gasteiger partial charge in [0.05, 0.1) is 23.9 Å². The van der Waals surface area contributed by atoms with Crippen LogP contribution in [0.4, 0.5) is 0 Å². The Hall–Kier alpha value is -2.10. The van der Waals surface area contributed by atoms with Gasteiger partial charge in [-0.15, -0.1) is 0 Å². The van der Waals surface area contributed by atoms with E-state index in [0.29, 0.717) is 5.92 Å². The predicted octanol–water partition coefficient (Wildman–Crippen LogP) is 3.74. The second-order valence-corrected chi connectivity index (χ2v) is 7.07. The molecule has 0 spiro atoms. The highest BCUT2D eigenvalue weighted by Crippen LogP contribution is 2.27. The molecule has 0 aliphatic rings. The number of aryl methyl sites for hydroxylation is 1. The molecule has 0 saturated heterocycles. The van der Waals surface area contributed by atoms with E-state index in [4.69, 9.17) is 0 Å². The minimum absolute atomic E-state index is 0.603. The fourth-order valence-electron chi connectivity index (χ4n) is 3.34. The second kappa shape index (κ2) is 8.84. The van der Waals surface area contributed by atoms with Gasteiger partial charge in [-0.1, -0.05) is 45.3 Å². The van der Waals surface area contributed by atoms with E-state index in [0.717, 1.165) is 16.3 Å². The van der Waals surface area contributed by atoms with Gasteiger partial charge < -0.3 is 0 Å². The van der Waals surface area contributed by atoms with Crippen LogP contribution in [0.15, 0.2) is 29.7 Å². The Morgan fingerprint density at radius 3 is 2.48 bits per heavy atom. The van der Waals surface area contributed by atoms with Crippen LogP contribution in [0.3, 0.4) is 0 Å². The lowest BCUT2D eigenvalue weighted by molar-refractivity contribution is 0.497. The highest BCUT2D eigenvalue weighted by Gasteiger charge is 2.14. The lowest BCUT2D eigenvalue weighted by Crippen LogP contribution is -2.28. The van der Waals surface area contributed by atoms with Crippen LogP contribution in [-0.2, 0) is 7.05 Å². The average Bonchev–Trinajstić information content (AvgIpc) is 3.15. The number of hydrogen-bond acceptors (Lipinski definition) is 2. The number of hydrogen-bond donors (Lipinski definition) is 0. The van der Waals surface area contributed by atoms with Gasteiger partial charge in [0.15, 0.2) is 0 Å². The van der Waals surface area contributed by atoms with Gasteiger partial charge in [-0.2, -0.15) is 10.2 Å². The zero-order valence-corrected chi connectivity index (χ0v) is 16.4. The molecule has 0 aliphatic heterocycles. The molecule has 0 aromatic carbocycles. The molecule has 0 radical (unpaired) electrons. The summed E-state index contributed by atoms with van der Waals surface area (Å²) in [4.78, 5) is 0. The molecule has 2 rings (SSSR count). The Labute approximate surface area is 151 Å². The number of allylic oxidation sites excluding steroid dienone is 2. The van der Waals surface area contributed by atoms with Crippen LogP contribution in [0.1, 0.15) is 59.8 Å². The number of aromatic nitrogens is 4. The summed E-state index contributed by atoms with van der Waals surface area (Å²) < 4.78 is 3.74. The van der Waals surface area contributed by atoms with Crippen LogP contribution in [0, 0.1) is 5.92 Å². The summed E-state index contributed by atoms with van der Waals surface area (Å²) in [5.74, 6) is 0.603. The van der Waals surface area contributed by atoms with E-state index in [1.165, 1.54) is 43.3 Å². The van der Waals surface area contributed by atoms with Crippen molar-refractivity contribution in [1.29, 1.82) is 0 Å². The molecule has 0 bridgehead atoms. The predicted molar refractivity (Wildman–Crippen MR) is 106 cm³/mol. The number of unbranched alkanes of at least 4 members (excludes halogenated alkanes) is 1. The van der Waals surface area contributed by atoms with Gasteiger partial charge in [0.25, 0.3) is 0 Å². The molecule has 4 nitrogen and oxygen atoms in total. The second-order valence-electron chi connectivity index (χ2n) is 7.07. The van der Waals surface area contributed by atoms with Gasteiger partial charge >= 0.3 is 0 Å². The molecule has 0 aliphatic carbocycles. The monoisotopic (exact) mass is 340 g/mol. The Morgan fingerprint density at radius 1 is 1.16 bits per heavy atom. The Morgan fingerprint density at radius 2 is 1.92 bits per heavy atom. The SMILES string of the molecule is C=c1cnn(-c2cnn(C)c2)/c1=C/C(=C(C)C)C(CCC)CCCC. The van der Waals surface area contributed by atoms with E-state index in [9.17, 15) is 0 Å². The molecule has 2 heterocycles. The zero-order valence-electron chi connectivity index (χ0n) is 16.4. The van der Waals surface area contributed by atoms with Gasteiger partial charge in [0, 0.05) is 12.3 Å². The third-order valence-electron chi connectivity index (χ3n) is 4.67. The van der Waals surface area contributed by atoms with Crippen molar-refractivity contribution in [2.24, 2.45) is 13.0 Å². The third-order valence-corrected chi connectivity index (χ3v) is 4.67. The van der Waals surface area contributed by atoms with E-state index in [-0.39, 0.29) is 0 Å². The number of rotatable bonds is 8. The average molecular weight is 341 g/mol. The van der Waals surface area contributed by atoms with E-state index in [1.54, 1.807) is 4.68 Å². The number of nitrogens with zero attached hydrogens (tertiary/aromatic N) is 4. The van der Waals surface area contributed by atoms with Crippen molar-refractivity contribution in [2.75, 3.05) is 0 Å². The van der Waals surface area contributed by atoms with Crippen molar-refractivity contribution in [2.45, 2.75) is 59.8 Å². The summed E-state index contributed by atoms with van der Waals surface area (Å²) in [7, 11) is 1.92. The standard InChI is InChI=1S/C21H32N4/c1-7-9-11-18(10-8-2)20(16(3)4)12-21-17(5)13-23-25(21)19-14-22-24(6)15-19/h12-15,18H,5,7-11H2,1-4,6H3/b21-12+. The molecule has 1 unspecified atom stereocenters. The molecule has 25 heavy (non-hydrogen) atoms. The molecule has 136 valence electrons. The quantitative estimate of drug-likeness (QED) is 0.734. The molecular weight excluding hydrogens is 308 g/mol. The summed E-state index contributed by atoms with van der Waals surface area (Å²) in [6.07, 6.45) is 14.1. The topological polar surface area (TPSA) is 35.6 Å². The summed E-state index contributed by atoms with van der Waals surface area (Å²) in [6.45, 7) is 13.2. The largest absolute Gasteiger partial charge is 0.274 e. The van der Waals surface area contributed by atoms with Crippen LogP contribution in [0.2, 0.25) is 0 Å². The first kappa shape index (κ1) is 19.2. The summed E-state index contributed by atoms with van der Waals surface area (Å²) in [6, 6.07) is 0. The van der Waals surface area contributed by atoms with Crippen molar-refractivity contribution in [3.8, 4) is 5.69 Å². The van der Waals surface area contributed by atoms with Crippen molar-refractivity contribution in [3.05, 3.63) is 40.3 Å². The Bertz CT molecular complexity index is 818. The van der Waals surface area contributed by atoms with Crippen LogP contribution in [0.5, 0.6) is 0 Å². The molecule has 0 N–H and O–H groups in total. The zero-order chi connectivity index (χ0) is 18.4. The van der Waals surface area contributed by atoms with Crippen molar-refractivity contribution in [3.63, 3.8) is 0 Å². The van der Waals surface area contributed by atoms with Gasteiger partial charge in [0.2, 0.25) is 0 Å². The molecule has 4 heteroatoms. The van der Waals surface area contributed by atoms with Crippen LogP contribution >= 0.6 is 0 Å². The van der Waals surface area contributed by atoms with E-state index >= 15 is 0 Å². The van der Waals surface area contributed by atoms with Gasteiger partial charge in [0.1, 0.15) is 5.69 Å². The summed E-state index contributed by atoms with van der Waals surface area (Å²) in [5.41, 5.74) is 3.79. The summed E-state index contributed by atoms with van der Waals surface area (Å²) >= 11 is 0. The van der Waals surface area contributed by atoms with Gasteiger partial charge in [-0.3, -0.25) is 4.68 Å². The first-order valence-corrected chi connectivity index (χ1v) is 9.39. The normalized spacial score (nSPS) is 13.2. The fourth-order valence-corrected chi connectivity index (χ4v) is 3.34. The molecule has 0 amide bonds. The van der Waals surface area contributed by atoms with Gasteiger partial charge in [-0.25, -0.2) is 4.68 Å². The minimum atomic E-state index is 0.603. The molecule has 1 atom stereocenters. The molecule has 0 fully saturated rings. The van der Waals surface area contributed by atoms with Crippen molar-refractivity contribution >= 4 is 12.7 Å². The highest BCUT2D eigenvalue weighted by atomic mass is 15.3. The first-order chi connectivity index (χ1) is 12.0. The van der Waals surface area contributed by atoms with E-state index in [2.05, 4.69) is 50.5 Å². The van der Waals surface area contributed by atoms with Crippen LogP contribution in [0.25, 0.3) is 18.3 Å². The molecule has 2 aromatic rings. The smallest absolute Gasteiger partial charge is 0.103 e. The fraction of sp³-hybridized carbons (Fsp3) is 0.524. The maximum absolute atomic E-state index is 4.53. The lowest BCUT2D eigenvalue weighted by Gasteiger charge is -2.19. The Kier molecular flexibility index (Phi) is 6.80. The maximum Gasteiger partial charge on any atom is 0.103 e. The third kappa shape index (κ3) is 4.71. The van der Waals surface area contributed by atoms with Crippen LogP contribution < -0.4 is 10.6 Å². The molecule has 2 aromatic heterocycles.